The molecule has 0 amide bonds. The van der Waals surface area contributed by atoms with Gasteiger partial charge in [0.1, 0.15) is 0 Å². The summed E-state index contributed by atoms with van der Waals surface area (Å²) in [5.41, 5.74) is 0.567. The predicted molar refractivity (Wildman–Crippen MR) is 55.1 cm³/mol. The molecule has 0 atom stereocenters. The van der Waals surface area contributed by atoms with E-state index >= 15 is 0 Å². The minimum atomic E-state index is -4.44. The standard InChI is InChI=1S/C8H7Cl2FO2S/c9-7-2-1-6(8(10)5-7)3-4-14(11,12)13/h1-2,5H,3-4H2. The summed E-state index contributed by atoms with van der Waals surface area (Å²) in [5.74, 6) is -0.561. The second-order valence-electron chi connectivity index (χ2n) is 2.73. The van der Waals surface area contributed by atoms with Crippen LogP contribution < -0.4 is 0 Å². The molecule has 2 nitrogen and oxygen atoms in total. The van der Waals surface area contributed by atoms with Gasteiger partial charge in [0.2, 0.25) is 0 Å². The van der Waals surface area contributed by atoms with Gasteiger partial charge in [-0.25, -0.2) is 0 Å². The molecule has 0 aliphatic rings. The summed E-state index contributed by atoms with van der Waals surface area (Å²) in [6, 6.07) is 4.65. The summed E-state index contributed by atoms with van der Waals surface area (Å²) in [7, 11) is -4.44. The van der Waals surface area contributed by atoms with Crippen molar-refractivity contribution in [3.8, 4) is 0 Å². The molecule has 0 aliphatic heterocycles. The number of aryl methyl sites for hydroxylation is 1. The largest absolute Gasteiger partial charge is 0.302 e. The Morgan fingerprint density at radius 2 is 1.93 bits per heavy atom. The molecule has 0 heterocycles. The Labute approximate surface area is 91.9 Å². The maximum absolute atomic E-state index is 12.2. The van der Waals surface area contributed by atoms with E-state index in [1.54, 1.807) is 12.1 Å². The van der Waals surface area contributed by atoms with Gasteiger partial charge < -0.3 is 0 Å². The predicted octanol–water partition coefficient (Wildman–Crippen LogP) is 2.84. The molecule has 0 spiro atoms. The fourth-order valence-corrected chi connectivity index (χ4v) is 1.92. The van der Waals surface area contributed by atoms with Crippen molar-refractivity contribution in [1.82, 2.24) is 0 Å². The Kier molecular flexibility index (Phi) is 3.75. The molecule has 78 valence electrons. The quantitative estimate of drug-likeness (QED) is 0.780. The molecular weight excluding hydrogens is 250 g/mol. The van der Waals surface area contributed by atoms with E-state index in [9.17, 15) is 12.3 Å². The highest BCUT2D eigenvalue weighted by molar-refractivity contribution is 7.86. The van der Waals surface area contributed by atoms with Crippen molar-refractivity contribution in [2.45, 2.75) is 6.42 Å². The highest BCUT2D eigenvalue weighted by Crippen LogP contribution is 2.21. The molecule has 0 unspecified atom stereocenters. The summed E-state index contributed by atoms with van der Waals surface area (Å²) in [4.78, 5) is 0. The molecular formula is C8H7Cl2FO2S. The number of rotatable bonds is 3. The molecule has 0 saturated carbocycles. The smallest absolute Gasteiger partial charge is 0.195 e. The van der Waals surface area contributed by atoms with Crippen molar-refractivity contribution in [2.24, 2.45) is 0 Å². The Bertz CT molecular complexity index is 431. The molecule has 1 aromatic carbocycles. The first-order chi connectivity index (χ1) is 6.38. The van der Waals surface area contributed by atoms with Crippen LogP contribution in [-0.2, 0) is 16.6 Å². The van der Waals surface area contributed by atoms with Gasteiger partial charge in [0, 0.05) is 10.0 Å². The summed E-state index contributed by atoms with van der Waals surface area (Å²) in [5, 5.41) is 0.808. The molecule has 6 heteroatoms. The lowest BCUT2D eigenvalue weighted by atomic mass is 10.2. The Hall–Kier alpha value is -0.320. The van der Waals surface area contributed by atoms with Crippen LogP contribution in [0.25, 0.3) is 0 Å². The van der Waals surface area contributed by atoms with Crippen LogP contribution in [0.3, 0.4) is 0 Å². The zero-order chi connectivity index (χ0) is 10.8. The van der Waals surface area contributed by atoms with E-state index in [4.69, 9.17) is 23.2 Å². The first-order valence-corrected chi connectivity index (χ1v) is 6.05. The zero-order valence-corrected chi connectivity index (χ0v) is 9.33. The van der Waals surface area contributed by atoms with Gasteiger partial charge in [-0.05, 0) is 24.1 Å². The molecule has 0 N–H and O–H groups in total. The van der Waals surface area contributed by atoms with Gasteiger partial charge in [0.15, 0.2) is 0 Å². The topological polar surface area (TPSA) is 34.1 Å². The van der Waals surface area contributed by atoms with Crippen LogP contribution in [0.2, 0.25) is 10.0 Å². The fourth-order valence-electron chi connectivity index (χ4n) is 0.956. The third-order valence-electron chi connectivity index (χ3n) is 1.63. The molecule has 0 fully saturated rings. The van der Waals surface area contributed by atoms with Gasteiger partial charge in [-0.15, -0.1) is 3.89 Å². The maximum Gasteiger partial charge on any atom is 0.302 e. The van der Waals surface area contributed by atoms with E-state index in [-0.39, 0.29) is 6.42 Å². The van der Waals surface area contributed by atoms with Crippen LogP contribution >= 0.6 is 23.2 Å². The summed E-state index contributed by atoms with van der Waals surface area (Å²) in [6.07, 6.45) is 0.0504. The molecule has 0 aliphatic carbocycles. The molecule has 1 aromatic rings. The van der Waals surface area contributed by atoms with Gasteiger partial charge in [-0.2, -0.15) is 8.42 Å². The second-order valence-corrected chi connectivity index (χ2v) is 5.06. The van der Waals surface area contributed by atoms with E-state index in [0.717, 1.165) is 0 Å². The van der Waals surface area contributed by atoms with Crippen molar-refractivity contribution >= 4 is 33.4 Å². The van der Waals surface area contributed by atoms with Crippen molar-refractivity contribution in [2.75, 3.05) is 5.75 Å². The minimum Gasteiger partial charge on any atom is -0.195 e. The molecule has 0 aromatic heterocycles. The van der Waals surface area contributed by atoms with Crippen LogP contribution in [0, 0.1) is 0 Å². The van der Waals surface area contributed by atoms with E-state index in [0.29, 0.717) is 15.6 Å². The van der Waals surface area contributed by atoms with Gasteiger partial charge in [-0.1, -0.05) is 29.3 Å². The third-order valence-corrected chi connectivity index (χ3v) is 2.91. The average Bonchev–Trinajstić information content (AvgIpc) is 2.00. The zero-order valence-electron chi connectivity index (χ0n) is 7.00. The van der Waals surface area contributed by atoms with Crippen LogP contribution in [0.1, 0.15) is 5.56 Å². The molecule has 1 rings (SSSR count). The second kappa shape index (κ2) is 4.47. The number of halogens is 3. The number of hydrogen-bond donors (Lipinski definition) is 0. The van der Waals surface area contributed by atoms with Gasteiger partial charge >= 0.3 is 10.2 Å². The molecule has 0 radical (unpaired) electrons. The average molecular weight is 257 g/mol. The summed E-state index contributed by atoms with van der Waals surface area (Å²) in [6.45, 7) is 0. The third kappa shape index (κ3) is 3.82. The fraction of sp³-hybridized carbons (Fsp3) is 0.250. The van der Waals surface area contributed by atoms with Crippen LogP contribution in [0.4, 0.5) is 3.89 Å². The Morgan fingerprint density at radius 1 is 1.29 bits per heavy atom. The van der Waals surface area contributed by atoms with Crippen molar-refractivity contribution in [3.63, 3.8) is 0 Å². The highest BCUT2D eigenvalue weighted by Gasteiger charge is 2.09. The molecule has 0 saturated heterocycles. The lowest BCUT2D eigenvalue weighted by Gasteiger charge is -2.02. The Morgan fingerprint density at radius 3 is 2.43 bits per heavy atom. The van der Waals surface area contributed by atoms with Gasteiger partial charge in [0.25, 0.3) is 0 Å². The monoisotopic (exact) mass is 256 g/mol. The minimum absolute atomic E-state index is 0.0504. The van der Waals surface area contributed by atoms with Crippen molar-refractivity contribution in [1.29, 1.82) is 0 Å². The number of benzene rings is 1. The van der Waals surface area contributed by atoms with E-state index in [1.807, 2.05) is 0 Å². The first-order valence-electron chi connectivity index (χ1n) is 3.75. The van der Waals surface area contributed by atoms with Crippen LogP contribution in [-0.4, -0.2) is 14.2 Å². The normalized spacial score (nSPS) is 11.6. The number of hydrogen-bond acceptors (Lipinski definition) is 2. The SMILES string of the molecule is O=S(=O)(F)CCc1ccc(Cl)cc1Cl. The molecule has 0 bridgehead atoms. The highest BCUT2D eigenvalue weighted by atomic mass is 35.5. The van der Waals surface area contributed by atoms with Gasteiger partial charge in [-0.3, -0.25) is 0 Å². The van der Waals surface area contributed by atoms with Gasteiger partial charge in [0.05, 0.1) is 5.75 Å². The molecule has 14 heavy (non-hydrogen) atoms. The maximum atomic E-state index is 12.2. The van der Waals surface area contributed by atoms with Crippen molar-refractivity contribution < 1.29 is 12.3 Å². The summed E-state index contributed by atoms with van der Waals surface area (Å²) < 4.78 is 32.7. The van der Waals surface area contributed by atoms with Crippen LogP contribution in [0.5, 0.6) is 0 Å². The first kappa shape index (κ1) is 11.8. The van der Waals surface area contributed by atoms with E-state index in [1.165, 1.54) is 6.07 Å². The lowest BCUT2D eigenvalue weighted by Crippen LogP contribution is -2.02. The lowest BCUT2D eigenvalue weighted by molar-refractivity contribution is 0.551. The Balaban J connectivity index is 2.78. The van der Waals surface area contributed by atoms with E-state index < -0.39 is 16.0 Å². The van der Waals surface area contributed by atoms with Crippen molar-refractivity contribution in [3.05, 3.63) is 33.8 Å². The van der Waals surface area contributed by atoms with Crippen LogP contribution in [0.15, 0.2) is 18.2 Å². The van der Waals surface area contributed by atoms with E-state index in [2.05, 4.69) is 0 Å². The summed E-state index contributed by atoms with van der Waals surface area (Å²) >= 11 is 11.4.